The zero-order valence-electron chi connectivity index (χ0n) is 10.2. The molecule has 18 heavy (non-hydrogen) atoms. The van der Waals surface area contributed by atoms with Crippen molar-refractivity contribution in [3.05, 3.63) is 35.4 Å². The minimum Gasteiger partial charge on any atom is -0.378 e. The summed E-state index contributed by atoms with van der Waals surface area (Å²) in [4.78, 5) is 0.0538. The van der Waals surface area contributed by atoms with E-state index >= 15 is 0 Å². The molecule has 1 heterocycles. The Morgan fingerprint density at radius 2 is 2.11 bits per heavy atom. The van der Waals surface area contributed by atoms with E-state index in [4.69, 9.17) is 4.74 Å². The fraction of sp³-hybridized carbons (Fsp3) is 0.571. The van der Waals surface area contributed by atoms with Crippen molar-refractivity contribution >= 4 is 15.9 Å². The Balaban J connectivity index is 1.86. The first-order chi connectivity index (χ1) is 8.66. The fourth-order valence-electron chi connectivity index (χ4n) is 2.24. The van der Waals surface area contributed by atoms with Crippen LogP contribution in [0.15, 0.2) is 18.2 Å². The summed E-state index contributed by atoms with van der Waals surface area (Å²) in [6.07, 6.45) is 5.63. The van der Waals surface area contributed by atoms with Crippen LogP contribution in [0.3, 0.4) is 0 Å². The zero-order chi connectivity index (χ0) is 13.0. The van der Waals surface area contributed by atoms with Crippen LogP contribution in [0.5, 0.6) is 0 Å². The first-order valence-electron chi connectivity index (χ1n) is 6.37. The molecule has 2 atom stereocenters. The van der Waals surface area contributed by atoms with E-state index in [0.717, 1.165) is 37.9 Å². The molecule has 0 aliphatic carbocycles. The van der Waals surface area contributed by atoms with Gasteiger partial charge in [-0.2, -0.15) is 0 Å². The van der Waals surface area contributed by atoms with Crippen LogP contribution in [0.1, 0.15) is 42.5 Å². The molecule has 1 saturated heterocycles. The molecular formula is C14H17BrF2O. The predicted octanol–water partition coefficient (Wildman–Crippen LogP) is 4.75. The molecule has 1 aromatic rings. The molecule has 1 aliphatic heterocycles. The van der Waals surface area contributed by atoms with Gasteiger partial charge < -0.3 is 4.74 Å². The summed E-state index contributed by atoms with van der Waals surface area (Å²) in [5, 5.41) is 0. The quantitative estimate of drug-likeness (QED) is 0.728. The van der Waals surface area contributed by atoms with Gasteiger partial charge in [-0.3, -0.25) is 0 Å². The Hall–Kier alpha value is -0.480. The highest BCUT2D eigenvalue weighted by Crippen LogP contribution is 2.31. The van der Waals surface area contributed by atoms with Crippen LogP contribution in [0, 0.1) is 11.6 Å². The molecule has 2 unspecified atom stereocenters. The summed E-state index contributed by atoms with van der Waals surface area (Å²) in [5.41, 5.74) is 0.782. The van der Waals surface area contributed by atoms with Crippen LogP contribution >= 0.6 is 15.9 Å². The van der Waals surface area contributed by atoms with Crippen molar-refractivity contribution in [2.45, 2.75) is 43.0 Å². The molecule has 0 saturated carbocycles. The summed E-state index contributed by atoms with van der Waals surface area (Å²) < 4.78 is 31.6. The van der Waals surface area contributed by atoms with E-state index in [0.29, 0.717) is 6.10 Å². The van der Waals surface area contributed by atoms with Gasteiger partial charge in [-0.25, -0.2) is 8.78 Å². The lowest BCUT2D eigenvalue weighted by Gasteiger charge is -2.23. The molecule has 0 bridgehead atoms. The second kappa shape index (κ2) is 6.62. The van der Waals surface area contributed by atoms with Crippen LogP contribution in [-0.2, 0) is 4.74 Å². The van der Waals surface area contributed by atoms with Gasteiger partial charge in [0.1, 0.15) is 0 Å². The average Bonchev–Trinajstić information content (AvgIpc) is 2.40. The molecule has 4 heteroatoms. The predicted molar refractivity (Wildman–Crippen MR) is 70.9 cm³/mol. The molecule has 0 radical (unpaired) electrons. The summed E-state index contributed by atoms with van der Waals surface area (Å²) in [6, 6.07) is 4.06. The van der Waals surface area contributed by atoms with Gasteiger partial charge in [-0.15, -0.1) is 0 Å². The van der Waals surface area contributed by atoms with Crippen LogP contribution in [0.4, 0.5) is 8.78 Å². The lowest BCUT2D eigenvalue weighted by atomic mass is 10.0. The van der Waals surface area contributed by atoms with E-state index in [-0.39, 0.29) is 4.83 Å². The van der Waals surface area contributed by atoms with Crippen molar-refractivity contribution < 1.29 is 13.5 Å². The summed E-state index contributed by atoms with van der Waals surface area (Å²) in [6.45, 7) is 0.850. The maximum atomic E-state index is 13.1. The first kappa shape index (κ1) is 13.9. The Morgan fingerprint density at radius 3 is 2.78 bits per heavy atom. The maximum absolute atomic E-state index is 13.1. The smallest absolute Gasteiger partial charge is 0.159 e. The number of halogens is 3. The van der Waals surface area contributed by atoms with Gasteiger partial charge in [-0.05, 0) is 49.8 Å². The van der Waals surface area contributed by atoms with Crippen LogP contribution in [0.2, 0.25) is 0 Å². The number of ether oxygens (including phenoxy) is 1. The topological polar surface area (TPSA) is 9.23 Å². The van der Waals surface area contributed by atoms with Gasteiger partial charge in [0, 0.05) is 11.4 Å². The van der Waals surface area contributed by atoms with Crippen LogP contribution in [-0.4, -0.2) is 12.7 Å². The molecule has 1 fully saturated rings. The number of benzene rings is 1. The monoisotopic (exact) mass is 318 g/mol. The summed E-state index contributed by atoms with van der Waals surface area (Å²) in [5.74, 6) is -1.58. The van der Waals surface area contributed by atoms with Crippen molar-refractivity contribution in [2.24, 2.45) is 0 Å². The van der Waals surface area contributed by atoms with Gasteiger partial charge in [0.25, 0.3) is 0 Å². The number of hydrogen-bond donors (Lipinski definition) is 0. The van der Waals surface area contributed by atoms with Gasteiger partial charge in [0.2, 0.25) is 0 Å². The standard InChI is InChI=1S/C14H17BrF2O/c15-12(6-5-11-3-1-2-8-18-11)10-4-7-13(16)14(17)9-10/h4,7,9,11-12H,1-3,5-6,8H2. The minimum atomic E-state index is -0.797. The lowest BCUT2D eigenvalue weighted by molar-refractivity contribution is 0.0102. The van der Waals surface area contributed by atoms with Crippen molar-refractivity contribution in [2.75, 3.05) is 6.61 Å². The lowest BCUT2D eigenvalue weighted by Crippen LogP contribution is -2.19. The van der Waals surface area contributed by atoms with E-state index in [1.807, 2.05) is 0 Å². The second-order valence-electron chi connectivity index (χ2n) is 4.71. The Kier molecular flexibility index (Phi) is 5.13. The third kappa shape index (κ3) is 3.75. The zero-order valence-corrected chi connectivity index (χ0v) is 11.8. The molecule has 1 nitrogen and oxygen atoms in total. The number of hydrogen-bond acceptors (Lipinski definition) is 1. The molecule has 0 aromatic heterocycles. The van der Waals surface area contributed by atoms with E-state index < -0.39 is 11.6 Å². The maximum Gasteiger partial charge on any atom is 0.159 e. The molecule has 0 spiro atoms. The Morgan fingerprint density at radius 1 is 1.28 bits per heavy atom. The van der Waals surface area contributed by atoms with Gasteiger partial charge >= 0.3 is 0 Å². The van der Waals surface area contributed by atoms with Crippen molar-refractivity contribution in [3.63, 3.8) is 0 Å². The number of rotatable bonds is 4. The number of alkyl halides is 1. The first-order valence-corrected chi connectivity index (χ1v) is 7.29. The highest BCUT2D eigenvalue weighted by Gasteiger charge is 2.17. The molecule has 0 N–H and O–H groups in total. The van der Waals surface area contributed by atoms with Crippen LogP contribution in [0.25, 0.3) is 0 Å². The molecular weight excluding hydrogens is 302 g/mol. The van der Waals surface area contributed by atoms with Crippen molar-refractivity contribution in [3.8, 4) is 0 Å². The normalized spacial score (nSPS) is 21.8. The van der Waals surface area contributed by atoms with Crippen molar-refractivity contribution in [1.29, 1.82) is 0 Å². The highest BCUT2D eigenvalue weighted by atomic mass is 79.9. The van der Waals surface area contributed by atoms with E-state index in [2.05, 4.69) is 15.9 Å². The Bertz CT molecular complexity index is 391. The average molecular weight is 319 g/mol. The molecule has 100 valence electrons. The van der Waals surface area contributed by atoms with Gasteiger partial charge in [0.15, 0.2) is 11.6 Å². The van der Waals surface area contributed by atoms with Crippen LogP contribution < -0.4 is 0 Å². The second-order valence-corrected chi connectivity index (χ2v) is 5.81. The SMILES string of the molecule is Fc1ccc(C(Br)CCC2CCCCO2)cc1F. The summed E-state index contributed by atoms with van der Waals surface area (Å²) >= 11 is 3.53. The molecule has 2 rings (SSSR count). The minimum absolute atomic E-state index is 0.0538. The van der Waals surface area contributed by atoms with Gasteiger partial charge in [-0.1, -0.05) is 22.0 Å². The third-order valence-corrected chi connectivity index (χ3v) is 4.31. The third-order valence-electron chi connectivity index (χ3n) is 3.32. The van der Waals surface area contributed by atoms with E-state index in [9.17, 15) is 8.78 Å². The highest BCUT2D eigenvalue weighted by molar-refractivity contribution is 9.09. The largest absolute Gasteiger partial charge is 0.378 e. The fourth-order valence-corrected chi connectivity index (χ4v) is 2.79. The van der Waals surface area contributed by atoms with Gasteiger partial charge in [0.05, 0.1) is 6.10 Å². The summed E-state index contributed by atoms with van der Waals surface area (Å²) in [7, 11) is 0. The van der Waals surface area contributed by atoms with E-state index in [1.54, 1.807) is 6.07 Å². The molecule has 1 aliphatic rings. The Labute approximate surface area is 115 Å². The van der Waals surface area contributed by atoms with E-state index in [1.165, 1.54) is 18.6 Å². The molecule has 0 amide bonds. The molecule has 1 aromatic carbocycles. The van der Waals surface area contributed by atoms with Crippen molar-refractivity contribution in [1.82, 2.24) is 0 Å².